The van der Waals surface area contributed by atoms with E-state index in [1.807, 2.05) is 0 Å². The average molecular weight is 377 g/mol. The molecule has 2 aromatic carbocycles. The number of piperazine rings is 1. The van der Waals surface area contributed by atoms with Crippen LogP contribution in [0.25, 0.3) is 0 Å². The molecule has 3 aromatic rings. The zero-order valence-corrected chi connectivity index (χ0v) is 16.4. The normalized spacial score (nSPS) is 14.4. The molecule has 0 spiro atoms. The highest BCUT2D eigenvalue weighted by molar-refractivity contribution is 7.98. The van der Waals surface area contributed by atoms with Gasteiger partial charge in [0.25, 0.3) is 0 Å². The molecule has 0 saturated carbocycles. The minimum Gasteiger partial charge on any atom is -0.368 e. The summed E-state index contributed by atoms with van der Waals surface area (Å²) >= 11 is 1.78. The highest BCUT2D eigenvalue weighted by atomic mass is 32.2. The number of hydrogen-bond acceptors (Lipinski definition) is 5. The summed E-state index contributed by atoms with van der Waals surface area (Å²) in [7, 11) is 0. The molecule has 1 fully saturated rings. The van der Waals surface area contributed by atoms with Crippen molar-refractivity contribution < 1.29 is 0 Å². The van der Waals surface area contributed by atoms with Crippen molar-refractivity contribution in [3.8, 4) is 0 Å². The molecule has 5 heteroatoms. The molecule has 1 saturated heterocycles. The summed E-state index contributed by atoms with van der Waals surface area (Å²) in [6, 6.07) is 21.3. The van der Waals surface area contributed by atoms with E-state index in [-0.39, 0.29) is 0 Å². The Bertz CT molecular complexity index is 876. The zero-order chi connectivity index (χ0) is 18.5. The van der Waals surface area contributed by atoms with E-state index in [1.165, 1.54) is 16.8 Å². The predicted octanol–water partition coefficient (Wildman–Crippen LogP) is 4.40. The largest absolute Gasteiger partial charge is 0.368 e. The SMILES string of the molecule is Cc1ccccc1CSc1cc(N2CCN(c3ccccc3)CC2)ncn1. The van der Waals surface area contributed by atoms with Crippen molar-refractivity contribution in [3.63, 3.8) is 0 Å². The van der Waals surface area contributed by atoms with Crippen LogP contribution in [0.3, 0.4) is 0 Å². The van der Waals surface area contributed by atoms with Gasteiger partial charge in [-0.1, -0.05) is 42.5 Å². The van der Waals surface area contributed by atoms with E-state index in [2.05, 4.69) is 87.4 Å². The summed E-state index contributed by atoms with van der Waals surface area (Å²) in [5.74, 6) is 1.97. The Morgan fingerprint density at radius 1 is 0.852 bits per heavy atom. The Kier molecular flexibility index (Phi) is 5.58. The molecule has 4 rings (SSSR count). The number of benzene rings is 2. The molecule has 0 N–H and O–H groups in total. The summed E-state index contributed by atoms with van der Waals surface area (Å²) in [5, 5.41) is 1.04. The molecule has 1 aliphatic heterocycles. The highest BCUT2D eigenvalue weighted by Crippen LogP contribution is 2.25. The van der Waals surface area contributed by atoms with E-state index in [4.69, 9.17) is 0 Å². The Morgan fingerprint density at radius 2 is 1.56 bits per heavy atom. The van der Waals surface area contributed by atoms with Crippen molar-refractivity contribution >= 4 is 23.3 Å². The lowest BCUT2D eigenvalue weighted by atomic mass is 10.1. The summed E-state index contributed by atoms with van der Waals surface area (Å²) in [5.41, 5.74) is 3.99. The third-order valence-electron chi connectivity index (χ3n) is 4.99. The van der Waals surface area contributed by atoms with Gasteiger partial charge in [0.2, 0.25) is 0 Å². The number of hydrogen-bond donors (Lipinski definition) is 0. The minimum atomic E-state index is 0.935. The lowest BCUT2D eigenvalue weighted by molar-refractivity contribution is 0.645. The number of nitrogens with zero attached hydrogens (tertiary/aromatic N) is 4. The average Bonchev–Trinajstić information content (AvgIpc) is 2.74. The van der Waals surface area contributed by atoms with Gasteiger partial charge in [0.1, 0.15) is 17.2 Å². The highest BCUT2D eigenvalue weighted by Gasteiger charge is 2.18. The second-order valence-corrected chi connectivity index (χ2v) is 7.73. The van der Waals surface area contributed by atoms with Gasteiger partial charge in [-0.25, -0.2) is 9.97 Å². The molecule has 1 aromatic heterocycles. The summed E-state index contributed by atoms with van der Waals surface area (Å²) in [6.07, 6.45) is 1.69. The third-order valence-corrected chi connectivity index (χ3v) is 5.96. The first-order valence-electron chi connectivity index (χ1n) is 9.34. The van der Waals surface area contributed by atoms with Crippen molar-refractivity contribution in [2.45, 2.75) is 17.7 Å². The molecule has 2 heterocycles. The topological polar surface area (TPSA) is 32.3 Å². The van der Waals surface area contributed by atoms with Gasteiger partial charge in [-0.15, -0.1) is 11.8 Å². The van der Waals surface area contributed by atoms with Crippen molar-refractivity contribution in [2.24, 2.45) is 0 Å². The Labute approximate surface area is 165 Å². The van der Waals surface area contributed by atoms with Gasteiger partial charge in [0, 0.05) is 43.7 Å². The van der Waals surface area contributed by atoms with E-state index in [0.717, 1.165) is 42.8 Å². The van der Waals surface area contributed by atoms with E-state index < -0.39 is 0 Å². The number of rotatable bonds is 5. The van der Waals surface area contributed by atoms with Crippen molar-refractivity contribution in [1.29, 1.82) is 0 Å². The maximum atomic E-state index is 4.52. The number of thioether (sulfide) groups is 1. The van der Waals surface area contributed by atoms with E-state index in [0.29, 0.717) is 0 Å². The molecule has 0 aliphatic carbocycles. The van der Waals surface area contributed by atoms with E-state index >= 15 is 0 Å². The quantitative estimate of drug-likeness (QED) is 0.487. The fourth-order valence-electron chi connectivity index (χ4n) is 3.34. The molecule has 0 bridgehead atoms. The number of para-hydroxylation sites is 1. The lowest BCUT2D eigenvalue weighted by Crippen LogP contribution is -2.46. The number of aryl methyl sites for hydroxylation is 1. The molecule has 0 radical (unpaired) electrons. The van der Waals surface area contributed by atoms with Gasteiger partial charge in [-0.3, -0.25) is 0 Å². The van der Waals surface area contributed by atoms with Crippen molar-refractivity contribution in [2.75, 3.05) is 36.0 Å². The van der Waals surface area contributed by atoms with Crippen LogP contribution in [0.1, 0.15) is 11.1 Å². The second kappa shape index (κ2) is 8.44. The van der Waals surface area contributed by atoms with Crippen LogP contribution in [-0.4, -0.2) is 36.1 Å². The van der Waals surface area contributed by atoms with Crippen LogP contribution in [0.4, 0.5) is 11.5 Å². The molecular weight excluding hydrogens is 352 g/mol. The van der Waals surface area contributed by atoms with Crippen molar-refractivity contribution in [1.82, 2.24) is 9.97 Å². The van der Waals surface area contributed by atoms with Crippen LogP contribution in [0.5, 0.6) is 0 Å². The number of anilines is 2. The Hall–Kier alpha value is -2.53. The third kappa shape index (κ3) is 4.42. The van der Waals surface area contributed by atoms with Crippen LogP contribution >= 0.6 is 11.8 Å². The van der Waals surface area contributed by atoms with Gasteiger partial charge in [0.05, 0.1) is 0 Å². The van der Waals surface area contributed by atoms with Gasteiger partial charge in [-0.05, 0) is 30.2 Å². The first-order valence-corrected chi connectivity index (χ1v) is 10.3. The van der Waals surface area contributed by atoms with Gasteiger partial charge >= 0.3 is 0 Å². The monoisotopic (exact) mass is 376 g/mol. The number of aromatic nitrogens is 2. The second-order valence-electron chi connectivity index (χ2n) is 6.74. The molecule has 27 heavy (non-hydrogen) atoms. The first-order chi connectivity index (χ1) is 13.3. The van der Waals surface area contributed by atoms with Gasteiger partial charge < -0.3 is 9.80 Å². The minimum absolute atomic E-state index is 0.935. The summed E-state index contributed by atoms with van der Waals surface area (Å²) < 4.78 is 0. The van der Waals surface area contributed by atoms with Crippen LogP contribution in [0.2, 0.25) is 0 Å². The molecule has 138 valence electrons. The molecule has 0 atom stereocenters. The molecule has 1 aliphatic rings. The maximum Gasteiger partial charge on any atom is 0.133 e. The maximum absolute atomic E-state index is 4.52. The summed E-state index contributed by atoms with van der Waals surface area (Å²) in [4.78, 5) is 13.8. The Balaban J connectivity index is 1.37. The van der Waals surface area contributed by atoms with Crippen LogP contribution < -0.4 is 9.80 Å². The molecular formula is C22H24N4S. The first kappa shape index (κ1) is 17.9. The molecule has 0 amide bonds. The lowest BCUT2D eigenvalue weighted by Gasteiger charge is -2.36. The summed E-state index contributed by atoms with van der Waals surface area (Å²) in [6.45, 7) is 6.15. The van der Waals surface area contributed by atoms with Crippen LogP contribution in [0.15, 0.2) is 72.0 Å². The van der Waals surface area contributed by atoms with Crippen LogP contribution in [-0.2, 0) is 5.75 Å². The fraction of sp³-hybridized carbons (Fsp3) is 0.273. The smallest absolute Gasteiger partial charge is 0.133 e. The van der Waals surface area contributed by atoms with Crippen molar-refractivity contribution in [3.05, 3.63) is 78.1 Å². The predicted molar refractivity (Wildman–Crippen MR) is 114 cm³/mol. The molecule has 4 nitrogen and oxygen atoms in total. The fourth-order valence-corrected chi connectivity index (χ4v) is 4.28. The standard InChI is InChI=1S/C22H24N4S/c1-18-7-5-6-8-19(18)16-27-22-15-21(23-17-24-22)26-13-11-25(12-14-26)20-9-3-2-4-10-20/h2-10,15,17H,11-14,16H2,1H3. The Morgan fingerprint density at radius 3 is 2.33 bits per heavy atom. The van der Waals surface area contributed by atoms with Gasteiger partial charge in [-0.2, -0.15) is 0 Å². The van der Waals surface area contributed by atoms with E-state index in [1.54, 1.807) is 18.1 Å². The van der Waals surface area contributed by atoms with Gasteiger partial charge in [0.15, 0.2) is 0 Å². The van der Waals surface area contributed by atoms with Crippen LogP contribution in [0, 0.1) is 6.92 Å². The van der Waals surface area contributed by atoms with E-state index in [9.17, 15) is 0 Å². The molecule has 0 unspecified atom stereocenters. The zero-order valence-electron chi connectivity index (χ0n) is 15.6.